The zero-order chi connectivity index (χ0) is 11.6. The van der Waals surface area contributed by atoms with Gasteiger partial charge < -0.3 is 15.2 Å². The van der Waals surface area contributed by atoms with Crippen LogP contribution in [-0.4, -0.2) is 36.5 Å². The van der Waals surface area contributed by atoms with Crippen LogP contribution in [0.15, 0.2) is 24.4 Å². The molecule has 0 saturated carbocycles. The molecule has 4 nitrogen and oxygen atoms in total. The molecule has 4 heteroatoms. The van der Waals surface area contributed by atoms with Crippen LogP contribution in [0.5, 0.6) is 0 Å². The molecular weight excluding hydrogens is 204 g/mol. The smallest absolute Gasteiger partial charge is 0.0697 e. The number of hydrogen-bond acceptors (Lipinski definition) is 4. The Morgan fingerprint density at radius 2 is 2.31 bits per heavy atom. The van der Waals surface area contributed by atoms with Crippen molar-refractivity contribution in [1.82, 2.24) is 10.3 Å². The normalized spacial score (nSPS) is 12.6. The van der Waals surface area contributed by atoms with Crippen LogP contribution in [0.2, 0.25) is 0 Å². The summed E-state index contributed by atoms with van der Waals surface area (Å²) in [5, 5.41) is 11.9. The summed E-state index contributed by atoms with van der Waals surface area (Å²) in [7, 11) is 0. The fourth-order valence-electron chi connectivity index (χ4n) is 1.40. The summed E-state index contributed by atoms with van der Waals surface area (Å²) < 4.78 is 5.16. The van der Waals surface area contributed by atoms with Crippen molar-refractivity contribution in [1.29, 1.82) is 0 Å². The van der Waals surface area contributed by atoms with E-state index >= 15 is 0 Å². The van der Waals surface area contributed by atoms with Gasteiger partial charge in [0.15, 0.2) is 0 Å². The van der Waals surface area contributed by atoms with Crippen LogP contribution in [0, 0.1) is 0 Å². The van der Waals surface area contributed by atoms with Crippen molar-refractivity contribution in [3.05, 3.63) is 30.1 Å². The zero-order valence-corrected chi connectivity index (χ0v) is 9.72. The monoisotopic (exact) mass is 224 g/mol. The van der Waals surface area contributed by atoms with Crippen LogP contribution in [-0.2, 0) is 4.74 Å². The molecule has 2 N–H and O–H groups in total. The molecule has 1 atom stereocenters. The van der Waals surface area contributed by atoms with Crippen LogP contribution >= 0.6 is 0 Å². The van der Waals surface area contributed by atoms with E-state index in [9.17, 15) is 0 Å². The minimum absolute atomic E-state index is 0.0950. The van der Waals surface area contributed by atoms with Gasteiger partial charge in [0.25, 0.3) is 0 Å². The molecule has 0 aromatic carbocycles. The fourth-order valence-corrected chi connectivity index (χ4v) is 1.40. The Labute approximate surface area is 96.7 Å². The molecule has 0 aliphatic heterocycles. The summed E-state index contributed by atoms with van der Waals surface area (Å²) in [6.07, 6.45) is 2.75. The quantitative estimate of drug-likeness (QED) is 0.650. The molecule has 0 saturated heterocycles. The molecule has 90 valence electrons. The maximum Gasteiger partial charge on any atom is 0.0697 e. The largest absolute Gasteiger partial charge is 0.394 e. The van der Waals surface area contributed by atoms with Gasteiger partial charge in [-0.05, 0) is 32.0 Å². The Balaban J connectivity index is 2.09. The molecule has 1 unspecified atom stereocenters. The summed E-state index contributed by atoms with van der Waals surface area (Å²) in [6.45, 7) is 4.19. The van der Waals surface area contributed by atoms with Gasteiger partial charge in [0.05, 0.1) is 18.9 Å². The third-order valence-electron chi connectivity index (χ3n) is 2.28. The second kappa shape index (κ2) is 8.21. The molecule has 0 fully saturated rings. The zero-order valence-electron chi connectivity index (χ0n) is 9.72. The Kier molecular flexibility index (Phi) is 6.72. The summed E-state index contributed by atoms with van der Waals surface area (Å²) in [4.78, 5) is 4.28. The maximum atomic E-state index is 8.51. The van der Waals surface area contributed by atoms with Crippen molar-refractivity contribution in [2.45, 2.75) is 19.4 Å². The van der Waals surface area contributed by atoms with Gasteiger partial charge in [-0.1, -0.05) is 6.07 Å². The molecule has 0 aliphatic carbocycles. The molecule has 0 bridgehead atoms. The lowest BCUT2D eigenvalue weighted by Gasteiger charge is -2.12. The first-order chi connectivity index (χ1) is 7.84. The van der Waals surface area contributed by atoms with Gasteiger partial charge in [-0.15, -0.1) is 0 Å². The van der Waals surface area contributed by atoms with E-state index in [4.69, 9.17) is 9.84 Å². The SMILES string of the molecule is CC(NCCCOCCO)c1ccccn1. The average Bonchev–Trinajstić information content (AvgIpc) is 2.34. The predicted molar refractivity (Wildman–Crippen MR) is 63.2 cm³/mol. The van der Waals surface area contributed by atoms with Crippen LogP contribution in [0.4, 0.5) is 0 Å². The van der Waals surface area contributed by atoms with Gasteiger partial charge in [0.2, 0.25) is 0 Å². The summed E-state index contributed by atoms with van der Waals surface area (Å²) >= 11 is 0. The summed E-state index contributed by atoms with van der Waals surface area (Å²) in [5.41, 5.74) is 1.05. The van der Waals surface area contributed by atoms with E-state index in [1.165, 1.54) is 0 Å². The number of pyridine rings is 1. The van der Waals surface area contributed by atoms with Gasteiger partial charge in [0.1, 0.15) is 0 Å². The van der Waals surface area contributed by atoms with Crippen LogP contribution < -0.4 is 5.32 Å². The van der Waals surface area contributed by atoms with Gasteiger partial charge in [-0.2, -0.15) is 0 Å². The number of aromatic nitrogens is 1. The van der Waals surface area contributed by atoms with Crippen LogP contribution in [0.3, 0.4) is 0 Å². The van der Waals surface area contributed by atoms with Crippen molar-refractivity contribution in [3.63, 3.8) is 0 Å². The van der Waals surface area contributed by atoms with E-state index in [0.29, 0.717) is 13.2 Å². The van der Waals surface area contributed by atoms with Crippen molar-refractivity contribution in [2.24, 2.45) is 0 Å². The van der Waals surface area contributed by atoms with E-state index in [2.05, 4.69) is 17.2 Å². The van der Waals surface area contributed by atoms with E-state index in [-0.39, 0.29) is 12.6 Å². The lowest BCUT2D eigenvalue weighted by atomic mass is 10.2. The number of aliphatic hydroxyl groups excluding tert-OH is 1. The highest BCUT2D eigenvalue weighted by Crippen LogP contribution is 2.07. The first kappa shape index (κ1) is 13.1. The number of nitrogens with zero attached hydrogens (tertiary/aromatic N) is 1. The fraction of sp³-hybridized carbons (Fsp3) is 0.583. The minimum atomic E-state index is 0.0950. The standard InChI is InChI=1S/C12H20N2O2/c1-11(12-5-2-3-6-14-12)13-7-4-9-16-10-8-15/h2-3,5-6,11,13,15H,4,7-10H2,1H3. The van der Waals surface area contributed by atoms with Gasteiger partial charge in [0, 0.05) is 18.8 Å². The second-order valence-electron chi connectivity index (χ2n) is 3.62. The summed E-state index contributed by atoms with van der Waals surface area (Å²) in [6, 6.07) is 6.18. The lowest BCUT2D eigenvalue weighted by Crippen LogP contribution is -2.21. The topological polar surface area (TPSA) is 54.4 Å². The third kappa shape index (κ3) is 5.21. The molecule has 1 aromatic heterocycles. The van der Waals surface area contributed by atoms with Crippen molar-refractivity contribution < 1.29 is 9.84 Å². The Hall–Kier alpha value is -0.970. The van der Waals surface area contributed by atoms with Gasteiger partial charge >= 0.3 is 0 Å². The molecule has 1 aromatic rings. The number of aliphatic hydroxyl groups is 1. The van der Waals surface area contributed by atoms with Gasteiger partial charge in [-0.3, -0.25) is 4.98 Å². The molecule has 0 radical (unpaired) electrons. The summed E-state index contributed by atoms with van der Waals surface area (Å²) in [5.74, 6) is 0. The highest BCUT2D eigenvalue weighted by Gasteiger charge is 2.03. The molecule has 0 aliphatic rings. The molecule has 0 spiro atoms. The first-order valence-corrected chi connectivity index (χ1v) is 5.67. The Morgan fingerprint density at radius 3 is 3.00 bits per heavy atom. The van der Waals surface area contributed by atoms with E-state index in [0.717, 1.165) is 18.7 Å². The van der Waals surface area contributed by atoms with Gasteiger partial charge in [-0.25, -0.2) is 0 Å². The van der Waals surface area contributed by atoms with Crippen molar-refractivity contribution in [2.75, 3.05) is 26.4 Å². The number of nitrogens with one attached hydrogen (secondary N) is 1. The van der Waals surface area contributed by atoms with E-state index < -0.39 is 0 Å². The Morgan fingerprint density at radius 1 is 1.44 bits per heavy atom. The van der Waals surface area contributed by atoms with Crippen molar-refractivity contribution >= 4 is 0 Å². The molecule has 16 heavy (non-hydrogen) atoms. The van der Waals surface area contributed by atoms with E-state index in [1.807, 2.05) is 18.2 Å². The third-order valence-corrected chi connectivity index (χ3v) is 2.28. The van der Waals surface area contributed by atoms with E-state index in [1.54, 1.807) is 6.20 Å². The number of rotatable bonds is 8. The highest BCUT2D eigenvalue weighted by atomic mass is 16.5. The lowest BCUT2D eigenvalue weighted by molar-refractivity contribution is 0.0904. The number of ether oxygens (including phenoxy) is 1. The molecule has 0 amide bonds. The van der Waals surface area contributed by atoms with Crippen LogP contribution in [0.25, 0.3) is 0 Å². The minimum Gasteiger partial charge on any atom is -0.394 e. The molecular formula is C12H20N2O2. The second-order valence-corrected chi connectivity index (χ2v) is 3.62. The average molecular weight is 224 g/mol. The first-order valence-electron chi connectivity index (χ1n) is 5.67. The Bertz CT molecular complexity index is 267. The highest BCUT2D eigenvalue weighted by molar-refractivity contribution is 5.07. The maximum absolute atomic E-state index is 8.51. The van der Waals surface area contributed by atoms with Crippen molar-refractivity contribution in [3.8, 4) is 0 Å². The predicted octanol–water partition coefficient (Wildman–Crippen LogP) is 1.13. The molecule has 1 heterocycles. The number of hydrogen-bond donors (Lipinski definition) is 2. The molecule has 1 rings (SSSR count). The van der Waals surface area contributed by atoms with Crippen LogP contribution in [0.1, 0.15) is 25.1 Å².